The van der Waals surface area contributed by atoms with Crippen LogP contribution in [-0.4, -0.2) is 16.5 Å². The molecule has 3 rings (SSSR count). The molecule has 2 bridgehead atoms. The summed E-state index contributed by atoms with van der Waals surface area (Å²) in [7, 11) is 0. The van der Waals surface area contributed by atoms with Crippen molar-refractivity contribution in [3.05, 3.63) is 34.9 Å². The number of rotatable bonds is 3. The molecular weight excluding hydrogens is 378 g/mol. The van der Waals surface area contributed by atoms with Crippen molar-refractivity contribution in [2.75, 3.05) is 0 Å². The van der Waals surface area contributed by atoms with Gasteiger partial charge in [0.1, 0.15) is 0 Å². The molecule has 0 spiro atoms. The minimum Gasteiger partial charge on any atom is -0.351 e. The van der Waals surface area contributed by atoms with Crippen molar-refractivity contribution in [3.8, 4) is 0 Å². The molecule has 124 valence electrons. The van der Waals surface area contributed by atoms with Crippen LogP contribution in [-0.2, 0) is 16.1 Å². The Hall–Kier alpha value is -0.870. The predicted molar refractivity (Wildman–Crippen MR) is 94.6 cm³/mol. The number of halogens is 2. The molecule has 2 fully saturated rings. The Morgan fingerprint density at radius 2 is 1.96 bits per heavy atom. The molecule has 23 heavy (non-hydrogen) atoms. The van der Waals surface area contributed by atoms with Gasteiger partial charge in [-0.05, 0) is 29.9 Å². The summed E-state index contributed by atoms with van der Waals surface area (Å²) in [6.07, 6.45) is 1.49. The number of nitrogens with one attached hydrogen (secondary N) is 1. The Balaban J connectivity index is 1.87. The van der Waals surface area contributed by atoms with Crippen LogP contribution in [0.5, 0.6) is 0 Å². The van der Waals surface area contributed by atoms with E-state index in [1.807, 2.05) is 45.0 Å². The van der Waals surface area contributed by atoms with Crippen molar-refractivity contribution in [3.63, 3.8) is 0 Å². The average Bonchev–Trinajstić information content (AvgIpc) is 2.78. The summed E-state index contributed by atoms with van der Waals surface area (Å²) in [5.41, 5.74) is -0.633. The van der Waals surface area contributed by atoms with Crippen molar-refractivity contribution in [1.82, 2.24) is 5.32 Å². The molecule has 5 heteroatoms. The number of benzene rings is 1. The number of hydrogen-bond donors (Lipinski definition) is 1. The minimum absolute atomic E-state index is 0.0566. The molecule has 0 heterocycles. The van der Waals surface area contributed by atoms with E-state index in [1.54, 1.807) is 0 Å². The van der Waals surface area contributed by atoms with Gasteiger partial charge in [0.15, 0.2) is 5.78 Å². The zero-order chi connectivity index (χ0) is 17.0. The molecule has 0 unspecified atom stereocenters. The number of carbonyl (C=O) groups excluding carboxylic acids is 2. The second-order valence-corrected chi connectivity index (χ2v) is 8.75. The Morgan fingerprint density at radius 3 is 2.52 bits per heavy atom. The van der Waals surface area contributed by atoms with Crippen molar-refractivity contribution >= 4 is 39.2 Å². The highest BCUT2D eigenvalue weighted by Gasteiger charge is 2.76. The molecule has 2 aliphatic rings. The van der Waals surface area contributed by atoms with Crippen LogP contribution < -0.4 is 5.32 Å². The van der Waals surface area contributed by atoms with E-state index in [2.05, 4.69) is 21.2 Å². The van der Waals surface area contributed by atoms with E-state index >= 15 is 0 Å². The average molecular weight is 399 g/mol. The van der Waals surface area contributed by atoms with Gasteiger partial charge in [0.2, 0.25) is 5.91 Å². The number of ketones is 1. The Kier molecular flexibility index (Phi) is 3.92. The van der Waals surface area contributed by atoms with E-state index in [0.717, 1.165) is 18.4 Å². The minimum atomic E-state index is -0.694. The quantitative estimate of drug-likeness (QED) is 0.779. The second kappa shape index (κ2) is 5.32. The smallest absolute Gasteiger partial charge is 0.228 e. The molecular formula is C18H21BrClNO2. The van der Waals surface area contributed by atoms with Gasteiger partial charge in [0, 0.05) is 17.0 Å². The molecule has 0 radical (unpaired) electrons. The molecule has 1 aromatic carbocycles. The molecule has 0 saturated heterocycles. The van der Waals surface area contributed by atoms with E-state index in [4.69, 9.17) is 11.6 Å². The molecule has 3 atom stereocenters. The number of hydrogen-bond acceptors (Lipinski definition) is 2. The van der Waals surface area contributed by atoms with Crippen LogP contribution >= 0.6 is 27.5 Å². The number of carbonyl (C=O) groups is 2. The van der Waals surface area contributed by atoms with Crippen molar-refractivity contribution in [2.24, 2.45) is 16.2 Å². The normalized spacial score (nSPS) is 34.7. The fourth-order valence-electron chi connectivity index (χ4n) is 4.43. The lowest BCUT2D eigenvalue weighted by Crippen LogP contribution is -2.50. The van der Waals surface area contributed by atoms with Crippen LogP contribution in [0.4, 0.5) is 0 Å². The number of Topliss-reactive ketones (excluding diaryl/α,β-unsaturated/α-hetero) is 1. The number of fused-ring (bicyclic) bond motifs is 2. The van der Waals surface area contributed by atoms with E-state index in [1.165, 1.54) is 0 Å². The van der Waals surface area contributed by atoms with Gasteiger partial charge in [-0.2, -0.15) is 0 Å². The third kappa shape index (κ3) is 2.00. The lowest BCUT2D eigenvalue weighted by atomic mass is 9.64. The first-order valence-corrected chi connectivity index (χ1v) is 9.18. The number of amides is 1. The topological polar surface area (TPSA) is 46.2 Å². The van der Waals surface area contributed by atoms with Gasteiger partial charge >= 0.3 is 0 Å². The van der Waals surface area contributed by atoms with Gasteiger partial charge in [-0.1, -0.05) is 66.5 Å². The maximum absolute atomic E-state index is 13.1. The molecule has 3 nitrogen and oxygen atoms in total. The van der Waals surface area contributed by atoms with Crippen LogP contribution in [0.2, 0.25) is 5.02 Å². The summed E-state index contributed by atoms with van der Waals surface area (Å²) in [5, 5.41) is 3.66. The predicted octanol–water partition coefficient (Wildman–Crippen LogP) is 4.12. The van der Waals surface area contributed by atoms with E-state index < -0.39 is 15.7 Å². The molecule has 1 N–H and O–H groups in total. The van der Waals surface area contributed by atoms with Crippen LogP contribution in [0.15, 0.2) is 24.3 Å². The Bertz CT molecular complexity index is 689. The summed E-state index contributed by atoms with van der Waals surface area (Å²) in [5.74, 6) is 0.0977. The molecule has 0 aliphatic heterocycles. The monoisotopic (exact) mass is 397 g/mol. The third-order valence-electron chi connectivity index (χ3n) is 6.52. The Morgan fingerprint density at radius 1 is 1.30 bits per heavy atom. The number of alkyl halides is 1. The fourth-order valence-corrected chi connectivity index (χ4v) is 6.15. The summed E-state index contributed by atoms with van der Waals surface area (Å²) in [6, 6.07) is 7.47. The first-order valence-electron chi connectivity index (χ1n) is 7.88. The van der Waals surface area contributed by atoms with Crippen molar-refractivity contribution < 1.29 is 9.59 Å². The summed E-state index contributed by atoms with van der Waals surface area (Å²) >= 11 is 9.69. The highest BCUT2D eigenvalue weighted by molar-refractivity contribution is 9.10. The summed E-state index contributed by atoms with van der Waals surface area (Å²) in [6.45, 7) is 6.48. The fraction of sp³-hybridized carbons (Fsp3) is 0.556. The van der Waals surface area contributed by atoms with E-state index in [9.17, 15) is 9.59 Å². The first kappa shape index (κ1) is 17.0. The van der Waals surface area contributed by atoms with Gasteiger partial charge in [-0.15, -0.1) is 0 Å². The van der Waals surface area contributed by atoms with Gasteiger partial charge in [0.25, 0.3) is 0 Å². The lowest BCUT2D eigenvalue weighted by Gasteiger charge is -2.39. The Labute approximate surface area is 150 Å². The standard InChI is InChI=1S/C18H21BrClNO2/c1-16(2)17(3)8-9-18(16,13(19)14(17)22)15(23)21-10-11-6-4-5-7-12(11)20/h4-7,13H,8-10H2,1-3H3,(H,21,23)/t13-,17+,18-/m1/s1. The van der Waals surface area contributed by atoms with E-state index in [-0.39, 0.29) is 17.1 Å². The van der Waals surface area contributed by atoms with Crippen LogP contribution in [0.25, 0.3) is 0 Å². The molecule has 2 aliphatic carbocycles. The SMILES string of the molecule is CC1(C)[C@@]2(C)CC[C@]1(C(=O)NCc1ccccc1Cl)[C@H](Br)C2=O. The maximum atomic E-state index is 13.1. The zero-order valence-corrected chi connectivity index (χ0v) is 15.9. The van der Waals surface area contributed by atoms with Crippen molar-refractivity contribution in [1.29, 1.82) is 0 Å². The van der Waals surface area contributed by atoms with Crippen LogP contribution in [0.3, 0.4) is 0 Å². The highest BCUT2D eigenvalue weighted by atomic mass is 79.9. The third-order valence-corrected chi connectivity index (χ3v) is 8.09. The highest BCUT2D eigenvalue weighted by Crippen LogP contribution is 2.72. The zero-order valence-electron chi connectivity index (χ0n) is 13.6. The molecule has 2 saturated carbocycles. The molecule has 1 amide bonds. The van der Waals surface area contributed by atoms with E-state index in [0.29, 0.717) is 11.6 Å². The summed E-state index contributed by atoms with van der Waals surface area (Å²) < 4.78 is 0. The van der Waals surface area contributed by atoms with Crippen molar-refractivity contribution in [2.45, 2.75) is 45.0 Å². The van der Waals surface area contributed by atoms with Gasteiger partial charge < -0.3 is 5.32 Å². The first-order chi connectivity index (χ1) is 10.7. The van der Waals surface area contributed by atoms with Gasteiger partial charge in [0.05, 0.1) is 10.2 Å². The molecule has 1 aromatic rings. The van der Waals surface area contributed by atoms with Crippen LogP contribution in [0.1, 0.15) is 39.2 Å². The summed E-state index contributed by atoms with van der Waals surface area (Å²) in [4.78, 5) is 25.4. The second-order valence-electron chi connectivity index (χ2n) is 7.43. The molecule has 0 aromatic heterocycles. The van der Waals surface area contributed by atoms with Crippen LogP contribution in [0, 0.1) is 16.2 Å². The van der Waals surface area contributed by atoms with Gasteiger partial charge in [-0.25, -0.2) is 0 Å². The lowest BCUT2D eigenvalue weighted by molar-refractivity contribution is -0.136. The largest absolute Gasteiger partial charge is 0.351 e. The maximum Gasteiger partial charge on any atom is 0.228 e. The van der Waals surface area contributed by atoms with Gasteiger partial charge in [-0.3, -0.25) is 9.59 Å².